The minimum absolute atomic E-state index is 0.263. The molecule has 0 atom stereocenters. The summed E-state index contributed by atoms with van der Waals surface area (Å²) < 4.78 is 37.6. The van der Waals surface area contributed by atoms with E-state index in [9.17, 15) is 13.2 Å². The zero-order valence-corrected chi connectivity index (χ0v) is 10.8. The second kappa shape index (κ2) is 5.92. The van der Waals surface area contributed by atoms with Crippen LogP contribution in [0.4, 0.5) is 19.0 Å². The molecule has 2 aromatic rings. The van der Waals surface area contributed by atoms with Gasteiger partial charge in [-0.1, -0.05) is 24.3 Å². The fourth-order valence-electron chi connectivity index (χ4n) is 1.64. The highest BCUT2D eigenvalue weighted by molar-refractivity contribution is 5.34. The minimum Gasteiger partial charge on any atom is -0.305 e. The van der Waals surface area contributed by atoms with Crippen LogP contribution in [0.1, 0.15) is 16.7 Å². The summed E-state index contributed by atoms with van der Waals surface area (Å²) in [6.07, 6.45) is -2.61. The van der Waals surface area contributed by atoms with E-state index in [-0.39, 0.29) is 6.54 Å². The number of hydrazine groups is 1. The van der Waals surface area contributed by atoms with Crippen molar-refractivity contribution in [2.75, 3.05) is 5.43 Å². The quantitative estimate of drug-likeness (QED) is 0.842. The Morgan fingerprint density at radius 1 is 1.15 bits per heavy atom. The maximum Gasteiger partial charge on any atom is 0.416 e. The first-order valence-corrected chi connectivity index (χ1v) is 6.03. The molecule has 0 fully saturated rings. The van der Waals surface area contributed by atoms with Gasteiger partial charge < -0.3 is 5.43 Å². The molecule has 0 saturated heterocycles. The normalized spacial score (nSPS) is 11.4. The van der Waals surface area contributed by atoms with Crippen LogP contribution < -0.4 is 10.9 Å². The van der Waals surface area contributed by atoms with Gasteiger partial charge in [-0.05, 0) is 30.2 Å². The van der Waals surface area contributed by atoms with Crippen molar-refractivity contribution in [2.45, 2.75) is 19.6 Å². The number of anilines is 1. The zero-order chi connectivity index (χ0) is 14.6. The van der Waals surface area contributed by atoms with Crippen molar-refractivity contribution in [1.29, 1.82) is 0 Å². The van der Waals surface area contributed by atoms with Crippen molar-refractivity contribution in [2.24, 2.45) is 0 Å². The van der Waals surface area contributed by atoms with E-state index in [4.69, 9.17) is 0 Å². The molecule has 6 heteroatoms. The lowest BCUT2D eigenvalue weighted by molar-refractivity contribution is -0.137. The van der Waals surface area contributed by atoms with Crippen LogP contribution in [0, 0.1) is 6.92 Å². The van der Waals surface area contributed by atoms with Crippen LogP contribution in [0.25, 0.3) is 0 Å². The summed E-state index contributed by atoms with van der Waals surface area (Å²) in [6.45, 7) is 2.19. The molecule has 3 nitrogen and oxygen atoms in total. The lowest BCUT2D eigenvalue weighted by Gasteiger charge is -2.10. The van der Waals surface area contributed by atoms with Gasteiger partial charge in [0.25, 0.3) is 0 Å². The van der Waals surface area contributed by atoms with Gasteiger partial charge in [-0.2, -0.15) is 13.2 Å². The summed E-state index contributed by atoms with van der Waals surface area (Å²) in [5, 5.41) is 0. The van der Waals surface area contributed by atoms with Gasteiger partial charge in [-0.25, -0.2) is 10.4 Å². The number of alkyl halides is 3. The highest BCUT2D eigenvalue weighted by atomic mass is 19.4. The molecule has 1 aromatic carbocycles. The van der Waals surface area contributed by atoms with Crippen molar-refractivity contribution < 1.29 is 13.2 Å². The third kappa shape index (κ3) is 3.96. The number of aromatic nitrogens is 1. The van der Waals surface area contributed by atoms with E-state index in [0.29, 0.717) is 11.4 Å². The van der Waals surface area contributed by atoms with E-state index in [1.54, 1.807) is 18.3 Å². The predicted octanol–water partition coefficient (Wildman–Crippen LogP) is 3.53. The molecule has 0 radical (unpaired) electrons. The summed E-state index contributed by atoms with van der Waals surface area (Å²) in [5.41, 5.74) is 6.60. The Morgan fingerprint density at radius 2 is 1.95 bits per heavy atom. The Balaban J connectivity index is 1.93. The van der Waals surface area contributed by atoms with Crippen LogP contribution in [0.5, 0.6) is 0 Å². The average molecular weight is 281 g/mol. The summed E-state index contributed by atoms with van der Waals surface area (Å²) >= 11 is 0. The Labute approximate surface area is 114 Å². The smallest absolute Gasteiger partial charge is 0.305 e. The van der Waals surface area contributed by atoms with E-state index in [1.807, 2.05) is 13.0 Å². The molecule has 0 saturated carbocycles. The van der Waals surface area contributed by atoms with Gasteiger partial charge in [0, 0.05) is 12.7 Å². The first-order valence-electron chi connectivity index (χ1n) is 6.03. The standard InChI is InChI=1S/C14H14F3N3/c1-10-5-6-13(18-8-10)20-19-9-11-3-2-4-12(7-11)14(15,16)17/h2-8,19H,9H2,1H3,(H,18,20). The molecule has 20 heavy (non-hydrogen) atoms. The number of hydrogen-bond donors (Lipinski definition) is 2. The predicted molar refractivity (Wildman–Crippen MR) is 70.9 cm³/mol. The number of nitrogens with zero attached hydrogens (tertiary/aromatic N) is 1. The third-order valence-corrected chi connectivity index (χ3v) is 2.67. The lowest BCUT2D eigenvalue weighted by Crippen LogP contribution is -2.21. The lowest BCUT2D eigenvalue weighted by atomic mass is 10.1. The minimum atomic E-state index is -4.32. The summed E-state index contributed by atoms with van der Waals surface area (Å²) in [6, 6.07) is 8.88. The van der Waals surface area contributed by atoms with Crippen molar-refractivity contribution in [3.05, 3.63) is 59.3 Å². The van der Waals surface area contributed by atoms with E-state index in [1.165, 1.54) is 6.07 Å². The monoisotopic (exact) mass is 281 g/mol. The summed E-state index contributed by atoms with van der Waals surface area (Å²) in [5.74, 6) is 0.613. The highest BCUT2D eigenvalue weighted by Gasteiger charge is 2.30. The van der Waals surface area contributed by atoms with Crippen LogP contribution in [-0.4, -0.2) is 4.98 Å². The molecule has 0 aliphatic heterocycles. The Bertz CT molecular complexity index is 565. The maximum atomic E-state index is 12.5. The fraction of sp³-hybridized carbons (Fsp3) is 0.214. The Hall–Kier alpha value is -2.08. The first-order chi connectivity index (χ1) is 9.45. The van der Waals surface area contributed by atoms with E-state index < -0.39 is 11.7 Å². The molecule has 1 aromatic heterocycles. The Kier molecular flexibility index (Phi) is 4.24. The van der Waals surface area contributed by atoms with Crippen molar-refractivity contribution in [3.8, 4) is 0 Å². The van der Waals surface area contributed by atoms with Crippen LogP contribution in [0.15, 0.2) is 42.6 Å². The molecule has 0 amide bonds. The molecule has 1 heterocycles. The maximum absolute atomic E-state index is 12.5. The van der Waals surface area contributed by atoms with E-state index in [0.717, 1.165) is 17.7 Å². The van der Waals surface area contributed by atoms with Gasteiger partial charge in [-0.15, -0.1) is 0 Å². The SMILES string of the molecule is Cc1ccc(NNCc2cccc(C(F)(F)F)c2)nc1. The first kappa shape index (κ1) is 14.3. The number of pyridine rings is 1. The zero-order valence-electron chi connectivity index (χ0n) is 10.8. The van der Waals surface area contributed by atoms with Gasteiger partial charge in [-0.3, -0.25) is 0 Å². The van der Waals surface area contributed by atoms with Crippen molar-refractivity contribution >= 4 is 5.82 Å². The highest BCUT2D eigenvalue weighted by Crippen LogP contribution is 2.29. The van der Waals surface area contributed by atoms with Crippen molar-refractivity contribution in [3.63, 3.8) is 0 Å². The molecule has 106 valence electrons. The van der Waals surface area contributed by atoms with Gasteiger partial charge in [0.15, 0.2) is 0 Å². The van der Waals surface area contributed by atoms with Crippen LogP contribution in [-0.2, 0) is 12.7 Å². The molecule has 0 aliphatic carbocycles. The van der Waals surface area contributed by atoms with Gasteiger partial charge in [0.1, 0.15) is 5.82 Å². The molecular formula is C14H14F3N3. The number of nitrogens with one attached hydrogen (secondary N) is 2. The van der Waals surface area contributed by atoms with Crippen LogP contribution in [0.3, 0.4) is 0 Å². The third-order valence-electron chi connectivity index (χ3n) is 2.67. The topological polar surface area (TPSA) is 37.0 Å². The summed E-state index contributed by atoms with van der Waals surface area (Å²) in [7, 11) is 0. The number of benzene rings is 1. The molecule has 0 unspecified atom stereocenters. The second-order valence-corrected chi connectivity index (χ2v) is 4.40. The average Bonchev–Trinajstić information content (AvgIpc) is 2.40. The van der Waals surface area contributed by atoms with Crippen molar-refractivity contribution in [1.82, 2.24) is 10.4 Å². The molecule has 0 bridgehead atoms. The second-order valence-electron chi connectivity index (χ2n) is 4.40. The van der Waals surface area contributed by atoms with E-state index >= 15 is 0 Å². The number of aryl methyl sites for hydroxylation is 1. The van der Waals surface area contributed by atoms with Crippen LogP contribution >= 0.6 is 0 Å². The molecule has 2 N–H and O–H groups in total. The van der Waals surface area contributed by atoms with E-state index in [2.05, 4.69) is 15.8 Å². The largest absolute Gasteiger partial charge is 0.416 e. The fourth-order valence-corrected chi connectivity index (χ4v) is 1.64. The van der Waals surface area contributed by atoms with Crippen LogP contribution in [0.2, 0.25) is 0 Å². The number of hydrogen-bond acceptors (Lipinski definition) is 3. The molecule has 0 aliphatic rings. The van der Waals surface area contributed by atoms with Gasteiger partial charge in [0.2, 0.25) is 0 Å². The molecular weight excluding hydrogens is 267 g/mol. The summed E-state index contributed by atoms with van der Waals surface area (Å²) in [4.78, 5) is 4.11. The molecule has 0 spiro atoms. The van der Waals surface area contributed by atoms with Gasteiger partial charge in [0.05, 0.1) is 5.56 Å². The molecule has 2 rings (SSSR count). The number of rotatable bonds is 4. The Morgan fingerprint density at radius 3 is 2.60 bits per heavy atom. The van der Waals surface area contributed by atoms with Gasteiger partial charge >= 0.3 is 6.18 Å². The number of halogens is 3.